The molecule has 0 radical (unpaired) electrons. The van der Waals surface area contributed by atoms with Gasteiger partial charge in [-0.1, -0.05) is 0 Å². The second-order valence-electron chi connectivity index (χ2n) is 4.32. The molecule has 1 saturated carbocycles. The van der Waals surface area contributed by atoms with Crippen LogP contribution in [0.4, 0.5) is 0 Å². The van der Waals surface area contributed by atoms with Crippen LogP contribution in [0.25, 0.3) is 0 Å². The van der Waals surface area contributed by atoms with E-state index in [1.165, 1.54) is 12.1 Å². The fourth-order valence-corrected chi connectivity index (χ4v) is 1.65. The van der Waals surface area contributed by atoms with Crippen LogP contribution in [-0.4, -0.2) is 33.9 Å². The average molecular weight is 237 g/mol. The number of carbonyl (C=O) groups is 1. The molecular weight excluding hydrogens is 222 g/mol. The summed E-state index contributed by atoms with van der Waals surface area (Å²) in [6.07, 6.45) is 1.49. The van der Waals surface area contributed by atoms with Gasteiger partial charge in [0.25, 0.3) is 5.91 Å². The van der Waals surface area contributed by atoms with Gasteiger partial charge in [0.1, 0.15) is 11.5 Å². The molecule has 5 nitrogen and oxygen atoms in total. The number of nitrogens with one attached hydrogen (secondary N) is 1. The molecule has 17 heavy (non-hydrogen) atoms. The molecule has 92 valence electrons. The number of aromatic hydroxyl groups is 2. The molecule has 4 N–H and O–H groups in total. The van der Waals surface area contributed by atoms with Gasteiger partial charge in [0.15, 0.2) is 0 Å². The minimum absolute atomic E-state index is 0.0887. The second-order valence-corrected chi connectivity index (χ2v) is 4.32. The molecule has 1 aliphatic rings. The molecule has 1 aliphatic carbocycles. The van der Waals surface area contributed by atoms with E-state index in [4.69, 9.17) is 5.11 Å². The monoisotopic (exact) mass is 237 g/mol. The van der Waals surface area contributed by atoms with Crippen LogP contribution in [0.3, 0.4) is 0 Å². The van der Waals surface area contributed by atoms with Gasteiger partial charge < -0.3 is 20.6 Å². The van der Waals surface area contributed by atoms with Crippen molar-refractivity contribution in [2.75, 3.05) is 6.54 Å². The minimum Gasteiger partial charge on any atom is -0.508 e. The maximum absolute atomic E-state index is 11.7. The van der Waals surface area contributed by atoms with E-state index in [0.717, 1.165) is 18.9 Å². The highest BCUT2D eigenvalue weighted by atomic mass is 16.3. The lowest BCUT2D eigenvalue weighted by molar-refractivity contribution is 0.0898. The van der Waals surface area contributed by atoms with Gasteiger partial charge >= 0.3 is 0 Å². The summed E-state index contributed by atoms with van der Waals surface area (Å²) in [7, 11) is 0. The van der Waals surface area contributed by atoms with Crippen LogP contribution in [-0.2, 0) is 0 Å². The number of hydrogen-bond donors (Lipinski definition) is 4. The largest absolute Gasteiger partial charge is 0.508 e. The third-order valence-corrected chi connectivity index (χ3v) is 2.86. The van der Waals surface area contributed by atoms with Crippen molar-refractivity contribution in [2.24, 2.45) is 5.92 Å². The van der Waals surface area contributed by atoms with Crippen molar-refractivity contribution in [3.8, 4) is 11.5 Å². The summed E-state index contributed by atoms with van der Waals surface area (Å²) in [6, 6.07) is 3.77. The molecule has 0 saturated heterocycles. The van der Waals surface area contributed by atoms with Gasteiger partial charge in [0.2, 0.25) is 0 Å². The second kappa shape index (κ2) is 4.63. The summed E-state index contributed by atoms with van der Waals surface area (Å²) in [5, 5.41) is 30.7. The zero-order valence-electron chi connectivity index (χ0n) is 9.26. The molecule has 1 aromatic carbocycles. The first-order chi connectivity index (χ1) is 8.08. The number of phenols is 2. The molecule has 1 atom stereocenters. The van der Waals surface area contributed by atoms with Crippen molar-refractivity contribution in [3.05, 3.63) is 23.8 Å². The van der Waals surface area contributed by atoms with Crippen LogP contribution in [0.2, 0.25) is 0 Å². The third kappa shape index (κ3) is 2.88. The van der Waals surface area contributed by atoms with E-state index in [-0.39, 0.29) is 23.6 Å². The third-order valence-electron chi connectivity index (χ3n) is 2.86. The number of hydrogen-bond acceptors (Lipinski definition) is 4. The van der Waals surface area contributed by atoms with Crippen molar-refractivity contribution in [1.29, 1.82) is 0 Å². The van der Waals surface area contributed by atoms with Gasteiger partial charge in [-0.15, -0.1) is 0 Å². The first-order valence-corrected chi connectivity index (χ1v) is 5.56. The molecule has 0 bridgehead atoms. The SMILES string of the molecule is O=C(NCC(O)C1CC1)c1ccc(O)cc1O. The van der Waals surface area contributed by atoms with Gasteiger partial charge in [-0.05, 0) is 30.9 Å². The zero-order valence-corrected chi connectivity index (χ0v) is 9.26. The van der Waals surface area contributed by atoms with Crippen LogP contribution in [0.5, 0.6) is 11.5 Å². The Bertz CT molecular complexity index is 429. The smallest absolute Gasteiger partial charge is 0.255 e. The summed E-state index contributed by atoms with van der Waals surface area (Å²) in [6.45, 7) is 0.184. The molecule has 0 spiro atoms. The van der Waals surface area contributed by atoms with Crippen molar-refractivity contribution in [1.82, 2.24) is 5.32 Å². The van der Waals surface area contributed by atoms with Gasteiger partial charge in [0.05, 0.1) is 11.7 Å². The molecule has 0 heterocycles. The lowest BCUT2D eigenvalue weighted by Crippen LogP contribution is -2.33. The Labute approximate surface area is 98.7 Å². The summed E-state index contributed by atoms with van der Waals surface area (Å²) >= 11 is 0. The topological polar surface area (TPSA) is 89.8 Å². The Morgan fingerprint density at radius 3 is 2.71 bits per heavy atom. The Kier molecular flexibility index (Phi) is 3.19. The summed E-state index contributed by atoms with van der Waals surface area (Å²) in [5.74, 6) is -0.536. The first-order valence-electron chi connectivity index (χ1n) is 5.56. The van der Waals surface area contributed by atoms with Crippen molar-refractivity contribution in [3.63, 3.8) is 0 Å². The Morgan fingerprint density at radius 1 is 1.41 bits per heavy atom. The predicted molar refractivity (Wildman–Crippen MR) is 60.8 cm³/mol. The van der Waals surface area contributed by atoms with Crippen molar-refractivity contribution >= 4 is 5.91 Å². The molecule has 1 unspecified atom stereocenters. The molecule has 2 rings (SSSR count). The minimum atomic E-state index is -0.516. The van der Waals surface area contributed by atoms with E-state index in [2.05, 4.69) is 5.32 Å². The highest BCUT2D eigenvalue weighted by Crippen LogP contribution is 2.32. The predicted octanol–water partition coefficient (Wildman–Crippen LogP) is 0.598. The fraction of sp³-hybridized carbons (Fsp3) is 0.417. The summed E-state index contributed by atoms with van der Waals surface area (Å²) in [4.78, 5) is 11.7. The van der Waals surface area contributed by atoms with Gasteiger partial charge in [-0.25, -0.2) is 0 Å². The Balaban J connectivity index is 1.94. The molecule has 1 amide bonds. The van der Waals surface area contributed by atoms with E-state index >= 15 is 0 Å². The molecule has 0 aromatic heterocycles. The van der Waals surface area contributed by atoms with Gasteiger partial charge in [0, 0.05) is 12.6 Å². The Morgan fingerprint density at radius 2 is 2.12 bits per heavy atom. The molecule has 5 heteroatoms. The van der Waals surface area contributed by atoms with Crippen LogP contribution in [0, 0.1) is 5.92 Å². The van der Waals surface area contributed by atoms with E-state index in [1.807, 2.05) is 0 Å². The van der Waals surface area contributed by atoms with Gasteiger partial charge in [-0.2, -0.15) is 0 Å². The molecule has 0 aliphatic heterocycles. The average Bonchev–Trinajstić information content (AvgIpc) is 3.09. The van der Waals surface area contributed by atoms with E-state index in [0.29, 0.717) is 5.92 Å². The van der Waals surface area contributed by atoms with Crippen molar-refractivity contribution < 1.29 is 20.1 Å². The van der Waals surface area contributed by atoms with E-state index < -0.39 is 12.0 Å². The highest BCUT2D eigenvalue weighted by Gasteiger charge is 2.29. The number of carbonyl (C=O) groups excluding carboxylic acids is 1. The number of benzene rings is 1. The normalized spacial score (nSPS) is 16.5. The molecular formula is C12H15NO4. The maximum Gasteiger partial charge on any atom is 0.255 e. The van der Waals surface area contributed by atoms with Crippen LogP contribution in [0.15, 0.2) is 18.2 Å². The number of rotatable bonds is 4. The summed E-state index contributed by atoms with van der Waals surface area (Å²) in [5.41, 5.74) is 0.0887. The fourth-order valence-electron chi connectivity index (χ4n) is 1.65. The van der Waals surface area contributed by atoms with Crippen LogP contribution >= 0.6 is 0 Å². The number of phenolic OH excluding ortho intramolecular Hbond substituents is 2. The van der Waals surface area contributed by atoms with Crippen LogP contribution in [0.1, 0.15) is 23.2 Å². The maximum atomic E-state index is 11.7. The van der Waals surface area contributed by atoms with Crippen LogP contribution < -0.4 is 5.32 Å². The number of aliphatic hydroxyl groups is 1. The van der Waals surface area contributed by atoms with E-state index in [9.17, 15) is 15.0 Å². The zero-order chi connectivity index (χ0) is 12.4. The lowest BCUT2D eigenvalue weighted by atomic mass is 10.1. The van der Waals surface area contributed by atoms with Gasteiger partial charge in [-0.3, -0.25) is 4.79 Å². The summed E-state index contributed by atoms with van der Waals surface area (Å²) < 4.78 is 0. The van der Waals surface area contributed by atoms with E-state index in [1.54, 1.807) is 0 Å². The molecule has 1 fully saturated rings. The standard InChI is InChI=1S/C12H15NO4/c14-8-3-4-9(10(15)5-8)12(17)13-6-11(16)7-1-2-7/h3-5,7,11,14-16H,1-2,6H2,(H,13,17). The van der Waals surface area contributed by atoms with Crippen molar-refractivity contribution in [2.45, 2.75) is 18.9 Å². The number of amides is 1. The quantitative estimate of drug-likeness (QED) is 0.617. The lowest BCUT2D eigenvalue weighted by Gasteiger charge is -2.11. The Hall–Kier alpha value is -1.75. The first kappa shape index (κ1) is 11.7. The molecule has 1 aromatic rings. The highest BCUT2D eigenvalue weighted by molar-refractivity contribution is 5.96. The number of aliphatic hydroxyl groups excluding tert-OH is 1.